The molecule has 0 radical (unpaired) electrons. The predicted octanol–water partition coefficient (Wildman–Crippen LogP) is 6.66. The first-order chi connectivity index (χ1) is 19.0. The van der Waals surface area contributed by atoms with E-state index in [0.29, 0.717) is 23.7 Å². The van der Waals surface area contributed by atoms with Gasteiger partial charge in [0.05, 0.1) is 6.04 Å². The van der Waals surface area contributed by atoms with Crippen LogP contribution in [0.15, 0.2) is 106 Å². The maximum Gasteiger partial charge on any atom is 0.408 e. The average molecular weight is 524 g/mol. The first kappa shape index (κ1) is 26.3. The summed E-state index contributed by atoms with van der Waals surface area (Å²) in [5, 5.41) is 14.1. The standard InChI is InChI=1S/C33H33NO5/c1-2-33(26-18-19-26,21-23-12-6-3-7-13-23)28-20-27(35)29(31(36)39-28)30(25-16-10-5-11-17-25)34-32(37)38-22-24-14-8-4-9-15-24/h3-17,20,26,30,35H,2,18-19,21-22H2,1H3,(H,34,37). The van der Waals surface area contributed by atoms with Crippen molar-refractivity contribution in [2.75, 3.05) is 0 Å². The molecule has 200 valence electrons. The van der Waals surface area contributed by atoms with Crippen molar-refractivity contribution in [1.29, 1.82) is 0 Å². The number of rotatable bonds is 10. The van der Waals surface area contributed by atoms with E-state index < -0.39 is 23.2 Å². The van der Waals surface area contributed by atoms with E-state index in [1.807, 2.05) is 54.6 Å². The molecule has 0 saturated heterocycles. The Bertz CT molecular complexity index is 1450. The third-order valence-corrected chi connectivity index (χ3v) is 7.71. The zero-order valence-corrected chi connectivity index (χ0v) is 22.0. The van der Waals surface area contributed by atoms with Crippen molar-refractivity contribution in [3.63, 3.8) is 0 Å². The summed E-state index contributed by atoms with van der Waals surface area (Å²) in [5.74, 6) is 0.651. The minimum Gasteiger partial charge on any atom is -0.507 e. The van der Waals surface area contributed by atoms with Crippen molar-refractivity contribution in [2.45, 2.75) is 50.7 Å². The number of ether oxygens (including phenoxy) is 1. The second kappa shape index (κ2) is 11.6. The van der Waals surface area contributed by atoms with Crippen LogP contribution < -0.4 is 10.9 Å². The van der Waals surface area contributed by atoms with E-state index in [1.54, 1.807) is 30.3 Å². The number of nitrogens with one attached hydrogen (secondary N) is 1. The van der Waals surface area contributed by atoms with Crippen molar-refractivity contribution in [3.8, 4) is 5.75 Å². The van der Waals surface area contributed by atoms with Crippen LogP contribution in [0.3, 0.4) is 0 Å². The molecule has 39 heavy (non-hydrogen) atoms. The van der Waals surface area contributed by atoms with Crippen LogP contribution in [-0.4, -0.2) is 11.2 Å². The summed E-state index contributed by atoms with van der Waals surface area (Å²) < 4.78 is 11.4. The van der Waals surface area contributed by atoms with Gasteiger partial charge >= 0.3 is 11.7 Å². The number of amides is 1. The Morgan fingerprint density at radius 2 is 1.56 bits per heavy atom. The van der Waals surface area contributed by atoms with Crippen LogP contribution in [0.2, 0.25) is 0 Å². The van der Waals surface area contributed by atoms with Gasteiger partial charge in [-0.05, 0) is 48.3 Å². The number of benzene rings is 3. The molecule has 1 aliphatic carbocycles. The molecule has 2 unspecified atom stereocenters. The number of carbonyl (C=O) groups is 1. The summed E-state index contributed by atoms with van der Waals surface area (Å²) in [7, 11) is 0. The summed E-state index contributed by atoms with van der Waals surface area (Å²) in [5.41, 5.74) is 1.52. The van der Waals surface area contributed by atoms with Crippen LogP contribution >= 0.6 is 0 Å². The van der Waals surface area contributed by atoms with Crippen LogP contribution in [0.4, 0.5) is 4.79 Å². The fourth-order valence-electron chi connectivity index (χ4n) is 5.47. The molecule has 3 aromatic carbocycles. The molecule has 6 nitrogen and oxygen atoms in total. The minimum atomic E-state index is -0.953. The Morgan fingerprint density at radius 3 is 2.13 bits per heavy atom. The number of alkyl carbamates (subject to hydrolysis) is 1. The van der Waals surface area contributed by atoms with Crippen molar-refractivity contribution >= 4 is 6.09 Å². The lowest BCUT2D eigenvalue weighted by Gasteiger charge is -2.32. The number of carbonyl (C=O) groups excluding carboxylic acids is 1. The van der Waals surface area contributed by atoms with Gasteiger partial charge in [-0.3, -0.25) is 0 Å². The summed E-state index contributed by atoms with van der Waals surface area (Å²) in [6.07, 6.45) is 2.87. The molecular weight excluding hydrogens is 490 g/mol. The van der Waals surface area contributed by atoms with Crippen molar-refractivity contribution in [2.24, 2.45) is 5.92 Å². The quantitative estimate of drug-likeness (QED) is 0.243. The van der Waals surface area contributed by atoms with Crippen LogP contribution in [0, 0.1) is 5.92 Å². The Labute approximate surface area is 228 Å². The van der Waals surface area contributed by atoms with E-state index in [1.165, 1.54) is 0 Å². The fraction of sp³-hybridized carbons (Fsp3) is 0.273. The van der Waals surface area contributed by atoms with Gasteiger partial charge in [0, 0.05) is 11.5 Å². The van der Waals surface area contributed by atoms with Gasteiger partial charge in [0.1, 0.15) is 23.7 Å². The number of hydrogen-bond acceptors (Lipinski definition) is 5. The van der Waals surface area contributed by atoms with E-state index >= 15 is 0 Å². The molecule has 2 N–H and O–H groups in total. The Kier molecular flexibility index (Phi) is 7.82. The largest absolute Gasteiger partial charge is 0.507 e. The first-order valence-corrected chi connectivity index (χ1v) is 13.4. The second-order valence-electron chi connectivity index (χ2n) is 10.2. The molecule has 1 saturated carbocycles. The third-order valence-electron chi connectivity index (χ3n) is 7.71. The SMILES string of the molecule is CCC(Cc1ccccc1)(c1cc(O)c(C(NC(=O)OCc2ccccc2)c2ccccc2)c(=O)o1)C1CC1. The molecule has 6 heteroatoms. The van der Waals surface area contributed by atoms with Gasteiger partial charge in [-0.15, -0.1) is 0 Å². The van der Waals surface area contributed by atoms with E-state index in [2.05, 4.69) is 24.4 Å². The van der Waals surface area contributed by atoms with E-state index in [0.717, 1.165) is 30.4 Å². The van der Waals surface area contributed by atoms with E-state index in [-0.39, 0.29) is 17.9 Å². The fourth-order valence-corrected chi connectivity index (χ4v) is 5.47. The van der Waals surface area contributed by atoms with E-state index in [9.17, 15) is 14.7 Å². The maximum atomic E-state index is 13.6. The normalized spacial score (nSPS) is 15.2. The lowest BCUT2D eigenvalue weighted by molar-refractivity contribution is 0.137. The molecule has 0 spiro atoms. The van der Waals surface area contributed by atoms with Crippen molar-refractivity contribution in [3.05, 3.63) is 135 Å². The molecule has 1 heterocycles. The topological polar surface area (TPSA) is 88.8 Å². The number of aromatic hydroxyl groups is 1. The second-order valence-corrected chi connectivity index (χ2v) is 10.2. The molecule has 1 amide bonds. The summed E-state index contributed by atoms with van der Waals surface area (Å²) >= 11 is 0. The highest BCUT2D eigenvalue weighted by Gasteiger charge is 2.47. The van der Waals surface area contributed by atoms with Gasteiger partial charge in [-0.25, -0.2) is 9.59 Å². The molecular formula is C33H33NO5. The zero-order valence-electron chi connectivity index (χ0n) is 22.0. The lowest BCUT2D eigenvalue weighted by atomic mass is 9.72. The monoisotopic (exact) mass is 523 g/mol. The van der Waals surface area contributed by atoms with Crippen molar-refractivity contribution < 1.29 is 19.1 Å². The summed E-state index contributed by atoms with van der Waals surface area (Å²) in [6.45, 7) is 2.18. The summed E-state index contributed by atoms with van der Waals surface area (Å²) in [6, 6.07) is 29.1. The predicted molar refractivity (Wildman–Crippen MR) is 150 cm³/mol. The van der Waals surface area contributed by atoms with Gasteiger partial charge in [0.15, 0.2) is 0 Å². The first-order valence-electron chi connectivity index (χ1n) is 13.4. The van der Waals surface area contributed by atoms with Crippen LogP contribution in [0.25, 0.3) is 0 Å². The van der Waals surface area contributed by atoms with Gasteiger partial charge in [0.25, 0.3) is 0 Å². The Balaban J connectivity index is 1.48. The van der Waals surface area contributed by atoms with Gasteiger partial charge < -0.3 is 19.6 Å². The van der Waals surface area contributed by atoms with E-state index in [4.69, 9.17) is 9.15 Å². The molecule has 0 aliphatic heterocycles. The smallest absolute Gasteiger partial charge is 0.408 e. The Hall–Kier alpha value is -4.32. The third kappa shape index (κ3) is 5.90. The highest BCUT2D eigenvalue weighted by molar-refractivity contribution is 5.69. The maximum absolute atomic E-state index is 13.6. The Morgan fingerprint density at radius 1 is 0.974 bits per heavy atom. The van der Waals surface area contributed by atoms with Crippen LogP contribution in [0.1, 0.15) is 60.2 Å². The molecule has 5 rings (SSSR count). The summed E-state index contributed by atoms with van der Waals surface area (Å²) in [4.78, 5) is 26.4. The number of hydrogen-bond donors (Lipinski definition) is 2. The molecule has 4 aromatic rings. The average Bonchev–Trinajstić information content (AvgIpc) is 3.82. The highest BCUT2D eigenvalue weighted by Crippen LogP contribution is 2.52. The molecule has 1 aliphatic rings. The highest BCUT2D eigenvalue weighted by atomic mass is 16.5. The van der Waals surface area contributed by atoms with Crippen molar-refractivity contribution in [1.82, 2.24) is 5.32 Å². The van der Waals surface area contributed by atoms with Gasteiger partial charge in [-0.1, -0.05) is 97.9 Å². The van der Waals surface area contributed by atoms with Crippen LogP contribution in [-0.2, 0) is 23.2 Å². The van der Waals surface area contributed by atoms with Gasteiger partial charge in [-0.2, -0.15) is 0 Å². The zero-order chi connectivity index (χ0) is 27.2. The molecule has 1 aromatic heterocycles. The van der Waals surface area contributed by atoms with Gasteiger partial charge in [0.2, 0.25) is 0 Å². The molecule has 0 bridgehead atoms. The molecule has 2 atom stereocenters. The lowest BCUT2D eigenvalue weighted by Crippen LogP contribution is -2.35. The molecule has 1 fully saturated rings. The minimum absolute atomic E-state index is 0.0258. The van der Waals surface area contributed by atoms with Crippen LogP contribution in [0.5, 0.6) is 5.75 Å².